The predicted molar refractivity (Wildman–Crippen MR) is 52.2 cm³/mol. The Labute approximate surface area is 78.6 Å². The number of carbonyl (C=O) groups is 1. The molecule has 4 heteroatoms. The van der Waals surface area contributed by atoms with Gasteiger partial charge in [-0.15, -0.1) is 12.6 Å². The molecule has 0 rings (SSSR count). The molecule has 0 aromatic carbocycles. The topological polar surface area (TPSA) is 38.3 Å². The molecule has 0 heterocycles. The highest BCUT2D eigenvalue weighted by Gasteiger charge is 2.01. The van der Waals surface area contributed by atoms with Crippen molar-refractivity contribution in [3.63, 3.8) is 0 Å². The Bertz CT molecular complexity index is 189. The fourth-order valence-corrected chi connectivity index (χ4v) is 0.767. The minimum absolute atomic E-state index is 0.0271. The average molecular weight is 189 g/mol. The SMILES string of the molecule is COCCN/C(C)=C(\S)C(C)=O. The summed E-state index contributed by atoms with van der Waals surface area (Å²) in [7, 11) is 1.63. The number of ketones is 1. The molecule has 0 radical (unpaired) electrons. The molecule has 0 spiro atoms. The molecule has 0 bridgehead atoms. The third-order valence-electron chi connectivity index (χ3n) is 1.39. The highest BCUT2D eigenvalue weighted by Crippen LogP contribution is 2.06. The van der Waals surface area contributed by atoms with E-state index >= 15 is 0 Å². The van der Waals surface area contributed by atoms with Crippen molar-refractivity contribution in [3.05, 3.63) is 10.6 Å². The maximum Gasteiger partial charge on any atom is 0.167 e. The molecule has 0 unspecified atom stereocenters. The number of nitrogens with one attached hydrogen (secondary N) is 1. The molecule has 12 heavy (non-hydrogen) atoms. The van der Waals surface area contributed by atoms with Gasteiger partial charge in [0.1, 0.15) is 0 Å². The zero-order valence-corrected chi connectivity index (χ0v) is 8.57. The average Bonchev–Trinajstić information content (AvgIpc) is 2.03. The van der Waals surface area contributed by atoms with Gasteiger partial charge in [-0.2, -0.15) is 0 Å². The molecule has 0 atom stereocenters. The fourth-order valence-electron chi connectivity index (χ4n) is 0.688. The number of hydrogen-bond acceptors (Lipinski definition) is 4. The number of carbonyl (C=O) groups excluding carboxylic acids is 1. The zero-order chi connectivity index (χ0) is 9.56. The molecule has 3 nitrogen and oxygen atoms in total. The Morgan fingerprint density at radius 3 is 2.50 bits per heavy atom. The zero-order valence-electron chi connectivity index (χ0n) is 7.68. The van der Waals surface area contributed by atoms with Crippen molar-refractivity contribution in [2.75, 3.05) is 20.3 Å². The van der Waals surface area contributed by atoms with E-state index in [-0.39, 0.29) is 5.78 Å². The third-order valence-corrected chi connectivity index (χ3v) is 2.04. The number of Topliss-reactive ketones (excluding diaryl/α,β-unsaturated/α-hetero) is 1. The highest BCUT2D eigenvalue weighted by atomic mass is 32.1. The maximum absolute atomic E-state index is 10.8. The van der Waals surface area contributed by atoms with Crippen molar-refractivity contribution in [1.29, 1.82) is 0 Å². The molecule has 0 fully saturated rings. The standard InChI is InChI=1S/C8H15NO2S/c1-6(8(12)7(2)10)9-4-5-11-3/h9,12H,4-5H2,1-3H3/b8-6-. The summed E-state index contributed by atoms with van der Waals surface area (Å²) >= 11 is 4.05. The van der Waals surface area contributed by atoms with Crippen molar-refractivity contribution >= 4 is 18.4 Å². The monoisotopic (exact) mass is 189 g/mol. The van der Waals surface area contributed by atoms with E-state index in [0.717, 1.165) is 5.70 Å². The Morgan fingerprint density at radius 2 is 2.08 bits per heavy atom. The van der Waals surface area contributed by atoms with Crippen molar-refractivity contribution in [3.8, 4) is 0 Å². The normalized spacial score (nSPS) is 12.3. The summed E-state index contributed by atoms with van der Waals surface area (Å²) in [5.41, 5.74) is 0.794. The summed E-state index contributed by atoms with van der Waals surface area (Å²) in [5, 5.41) is 3.02. The quantitative estimate of drug-likeness (QED) is 0.384. The van der Waals surface area contributed by atoms with Crippen LogP contribution in [0.5, 0.6) is 0 Å². The molecular weight excluding hydrogens is 174 g/mol. The van der Waals surface area contributed by atoms with Crippen molar-refractivity contribution in [2.24, 2.45) is 0 Å². The first-order valence-electron chi connectivity index (χ1n) is 3.73. The van der Waals surface area contributed by atoms with Crippen LogP contribution in [-0.4, -0.2) is 26.0 Å². The van der Waals surface area contributed by atoms with Crippen LogP contribution >= 0.6 is 12.6 Å². The number of ether oxygens (including phenoxy) is 1. The van der Waals surface area contributed by atoms with E-state index in [4.69, 9.17) is 4.74 Å². The predicted octanol–water partition coefficient (Wildman–Crippen LogP) is 0.973. The van der Waals surface area contributed by atoms with Gasteiger partial charge in [0.25, 0.3) is 0 Å². The van der Waals surface area contributed by atoms with Gasteiger partial charge in [0.2, 0.25) is 0 Å². The van der Waals surface area contributed by atoms with Crippen LogP contribution in [0.15, 0.2) is 10.6 Å². The Hall–Kier alpha value is -0.480. The Kier molecular flexibility index (Phi) is 5.84. The van der Waals surface area contributed by atoms with Gasteiger partial charge in [-0.1, -0.05) is 0 Å². The number of rotatable bonds is 5. The lowest BCUT2D eigenvalue weighted by Crippen LogP contribution is -2.18. The minimum Gasteiger partial charge on any atom is -0.385 e. The van der Waals surface area contributed by atoms with Gasteiger partial charge in [0.15, 0.2) is 5.78 Å². The van der Waals surface area contributed by atoms with Crippen LogP contribution in [0.25, 0.3) is 0 Å². The second-order valence-corrected chi connectivity index (χ2v) is 2.90. The van der Waals surface area contributed by atoms with E-state index in [2.05, 4.69) is 17.9 Å². The van der Waals surface area contributed by atoms with Crippen molar-refractivity contribution in [2.45, 2.75) is 13.8 Å². The van der Waals surface area contributed by atoms with Gasteiger partial charge in [-0.25, -0.2) is 0 Å². The van der Waals surface area contributed by atoms with Gasteiger partial charge in [-0.05, 0) is 13.8 Å². The summed E-state index contributed by atoms with van der Waals surface area (Å²) in [4.78, 5) is 11.3. The van der Waals surface area contributed by atoms with Gasteiger partial charge in [0.05, 0.1) is 11.5 Å². The second kappa shape index (κ2) is 6.08. The molecule has 0 aliphatic carbocycles. The van der Waals surface area contributed by atoms with E-state index in [1.165, 1.54) is 6.92 Å². The van der Waals surface area contributed by atoms with Crippen LogP contribution in [0.1, 0.15) is 13.8 Å². The molecule has 0 aliphatic rings. The number of hydrogen-bond donors (Lipinski definition) is 2. The van der Waals surface area contributed by atoms with Crippen LogP contribution in [0.2, 0.25) is 0 Å². The fraction of sp³-hybridized carbons (Fsp3) is 0.625. The molecular formula is C8H15NO2S. The number of allylic oxidation sites excluding steroid dienone is 2. The smallest absolute Gasteiger partial charge is 0.167 e. The minimum atomic E-state index is -0.0271. The van der Waals surface area contributed by atoms with Crippen molar-refractivity contribution < 1.29 is 9.53 Å². The van der Waals surface area contributed by atoms with E-state index in [0.29, 0.717) is 18.1 Å². The lowest BCUT2D eigenvalue weighted by Gasteiger charge is -2.07. The number of methoxy groups -OCH3 is 1. The van der Waals surface area contributed by atoms with Crippen molar-refractivity contribution in [1.82, 2.24) is 5.32 Å². The molecule has 0 aromatic heterocycles. The first-order valence-corrected chi connectivity index (χ1v) is 4.18. The van der Waals surface area contributed by atoms with Crippen LogP contribution in [0.4, 0.5) is 0 Å². The first kappa shape index (κ1) is 11.5. The molecule has 0 aromatic rings. The van der Waals surface area contributed by atoms with Gasteiger partial charge in [0, 0.05) is 19.4 Å². The lowest BCUT2D eigenvalue weighted by atomic mass is 10.3. The highest BCUT2D eigenvalue weighted by molar-refractivity contribution is 7.85. The van der Waals surface area contributed by atoms with Crippen LogP contribution < -0.4 is 5.32 Å². The molecule has 0 saturated carbocycles. The largest absolute Gasteiger partial charge is 0.385 e. The van der Waals surface area contributed by atoms with Crippen LogP contribution in [-0.2, 0) is 9.53 Å². The van der Waals surface area contributed by atoms with Gasteiger partial charge in [-0.3, -0.25) is 4.79 Å². The van der Waals surface area contributed by atoms with E-state index in [1.54, 1.807) is 7.11 Å². The lowest BCUT2D eigenvalue weighted by molar-refractivity contribution is -0.113. The van der Waals surface area contributed by atoms with Crippen LogP contribution in [0.3, 0.4) is 0 Å². The summed E-state index contributed by atoms with van der Waals surface area (Å²) in [6.45, 7) is 4.62. The molecule has 0 amide bonds. The first-order chi connectivity index (χ1) is 5.59. The second-order valence-electron chi connectivity index (χ2n) is 2.45. The van der Waals surface area contributed by atoms with Crippen LogP contribution in [0, 0.1) is 0 Å². The van der Waals surface area contributed by atoms with Gasteiger partial charge >= 0.3 is 0 Å². The summed E-state index contributed by atoms with van der Waals surface area (Å²) < 4.78 is 4.84. The summed E-state index contributed by atoms with van der Waals surface area (Å²) in [5.74, 6) is -0.0271. The third kappa shape index (κ3) is 4.41. The van der Waals surface area contributed by atoms with E-state index < -0.39 is 0 Å². The summed E-state index contributed by atoms with van der Waals surface area (Å²) in [6, 6.07) is 0. The molecule has 0 saturated heterocycles. The molecule has 0 aliphatic heterocycles. The summed E-state index contributed by atoms with van der Waals surface area (Å²) in [6.07, 6.45) is 0. The van der Waals surface area contributed by atoms with E-state index in [1.807, 2.05) is 6.92 Å². The maximum atomic E-state index is 10.8. The molecule has 1 N–H and O–H groups in total. The number of thiol groups is 1. The Morgan fingerprint density at radius 1 is 1.50 bits per heavy atom. The Balaban J connectivity index is 3.91. The van der Waals surface area contributed by atoms with E-state index in [9.17, 15) is 4.79 Å². The van der Waals surface area contributed by atoms with Gasteiger partial charge < -0.3 is 10.1 Å². The molecule has 70 valence electrons.